The second-order valence-electron chi connectivity index (χ2n) is 7.50. The van der Waals surface area contributed by atoms with E-state index >= 15 is 0 Å². The Morgan fingerprint density at radius 2 is 1.64 bits per heavy atom. The van der Waals surface area contributed by atoms with E-state index in [1.165, 1.54) is 18.4 Å². The molecule has 1 heterocycles. The summed E-state index contributed by atoms with van der Waals surface area (Å²) in [6, 6.07) is 20.7. The van der Waals surface area contributed by atoms with Gasteiger partial charge >= 0.3 is 0 Å². The summed E-state index contributed by atoms with van der Waals surface area (Å²) < 4.78 is 0. The summed E-state index contributed by atoms with van der Waals surface area (Å²) >= 11 is 0. The zero-order chi connectivity index (χ0) is 18.9. The lowest BCUT2D eigenvalue weighted by molar-refractivity contribution is -0.124. The van der Waals surface area contributed by atoms with Crippen LogP contribution in [0.15, 0.2) is 66.7 Å². The van der Waals surface area contributed by atoms with Crippen molar-refractivity contribution >= 4 is 24.4 Å². The van der Waals surface area contributed by atoms with Crippen LogP contribution in [0.3, 0.4) is 0 Å². The number of halogens is 1. The smallest absolute Gasteiger partial charge is 0.246 e. The summed E-state index contributed by atoms with van der Waals surface area (Å²) in [6.07, 6.45) is 7.13. The van der Waals surface area contributed by atoms with Crippen molar-refractivity contribution < 1.29 is 4.79 Å². The van der Waals surface area contributed by atoms with E-state index in [1.807, 2.05) is 48.4 Å². The molecular formula is C24H31ClN2O. The topological polar surface area (TPSA) is 23.6 Å². The Bertz CT molecular complexity index is 725. The van der Waals surface area contributed by atoms with E-state index in [0.717, 1.165) is 44.1 Å². The fraction of sp³-hybridized carbons (Fsp3) is 0.375. The molecule has 1 aliphatic rings. The first-order chi connectivity index (χ1) is 13.2. The number of hydrogen-bond donors (Lipinski definition) is 0. The molecule has 0 aromatic heterocycles. The zero-order valence-electron chi connectivity index (χ0n) is 16.7. The van der Waals surface area contributed by atoms with Gasteiger partial charge in [0.25, 0.3) is 0 Å². The van der Waals surface area contributed by atoms with Crippen LogP contribution in [0.1, 0.15) is 30.4 Å². The third-order valence-corrected chi connectivity index (χ3v) is 5.42. The standard InChI is InChI=1S/C24H30N2O.ClH/c1-25(24(27)13-12-21-8-4-2-5-9-21)17-14-22-15-18-26(19-16-22)20-23-10-6-3-7-11-23;/h2-13,22H,14-20H2,1H3;1H. The molecule has 3 rings (SSSR count). The number of piperidine rings is 1. The Balaban J connectivity index is 0.00000280. The quantitative estimate of drug-likeness (QED) is 0.620. The maximum atomic E-state index is 12.3. The molecule has 0 aliphatic carbocycles. The first-order valence-electron chi connectivity index (χ1n) is 9.95. The van der Waals surface area contributed by atoms with Gasteiger partial charge in [0, 0.05) is 26.2 Å². The molecule has 0 atom stereocenters. The lowest BCUT2D eigenvalue weighted by Gasteiger charge is -2.32. The Morgan fingerprint density at radius 1 is 1.04 bits per heavy atom. The zero-order valence-corrected chi connectivity index (χ0v) is 17.5. The number of rotatable bonds is 7. The van der Waals surface area contributed by atoms with Crippen molar-refractivity contribution in [1.29, 1.82) is 0 Å². The van der Waals surface area contributed by atoms with Gasteiger partial charge in [0.2, 0.25) is 5.91 Å². The number of carbonyl (C=O) groups is 1. The van der Waals surface area contributed by atoms with Gasteiger partial charge in [0.15, 0.2) is 0 Å². The van der Waals surface area contributed by atoms with Crippen LogP contribution >= 0.6 is 12.4 Å². The summed E-state index contributed by atoms with van der Waals surface area (Å²) in [5.41, 5.74) is 2.46. The number of carbonyl (C=O) groups excluding carboxylic acids is 1. The maximum Gasteiger partial charge on any atom is 0.246 e. The molecule has 0 bridgehead atoms. The van der Waals surface area contributed by atoms with Crippen LogP contribution in [0.2, 0.25) is 0 Å². The first kappa shape index (κ1) is 22.2. The summed E-state index contributed by atoms with van der Waals surface area (Å²) in [6.45, 7) is 4.20. The van der Waals surface area contributed by atoms with E-state index in [9.17, 15) is 4.79 Å². The second-order valence-corrected chi connectivity index (χ2v) is 7.50. The third-order valence-electron chi connectivity index (χ3n) is 5.42. The molecule has 1 aliphatic heterocycles. The van der Waals surface area contributed by atoms with Crippen LogP contribution < -0.4 is 0 Å². The van der Waals surface area contributed by atoms with Crippen LogP contribution in [-0.2, 0) is 11.3 Å². The summed E-state index contributed by atoms with van der Waals surface area (Å²) in [5, 5.41) is 0. The van der Waals surface area contributed by atoms with Gasteiger partial charge in [-0.3, -0.25) is 9.69 Å². The highest BCUT2D eigenvalue weighted by Crippen LogP contribution is 2.22. The van der Waals surface area contributed by atoms with Crippen molar-refractivity contribution in [3.8, 4) is 0 Å². The first-order valence-corrected chi connectivity index (χ1v) is 9.95. The van der Waals surface area contributed by atoms with Gasteiger partial charge in [-0.2, -0.15) is 0 Å². The molecule has 0 radical (unpaired) electrons. The molecule has 0 unspecified atom stereocenters. The van der Waals surface area contributed by atoms with Crippen molar-refractivity contribution in [2.24, 2.45) is 5.92 Å². The summed E-state index contributed by atoms with van der Waals surface area (Å²) in [4.78, 5) is 16.7. The van der Waals surface area contributed by atoms with Gasteiger partial charge in [-0.05, 0) is 55.5 Å². The van der Waals surface area contributed by atoms with E-state index in [2.05, 4.69) is 35.2 Å². The van der Waals surface area contributed by atoms with Crippen molar-refractivity contribution in [3.63, 3.8) is 0 Å². The highest BCUT2D eigenvalue weighted by molar-refractivity contribution is 5.91. The van der Waals surface area contributed by atoms with E-state index in [0.29, 0.717) is 0 Å². The second kappa shape index (κ2) is 11.7. The van der Waals surface area contributed by atoms with Crippen molar-refractivity contribution in [2.45, 2.75) is 25.8 Å². The lowest BCUT2D eigenvalue weighted by Crippen LogP contribution is -2.35. The molecule has 0 saturated carbocycles. The van der Waals surface area contributed by atoms with Crippen molar-refractivity contribution in [1.82, 2.24) is 9.80 Å². The van der Waals surface area contributed by atoms with Gasteiger partial charge in [0.05, 0.1) is 0 Å². The number of benzene rings is 2. The molecule has 4 heteroatoms. The Labute approximate surface area is 175 Å². The highest BCUT2D eigenvalue weighted by Gasteiger charge is 2.20. The van der Waals surface area contributed by atoms with Crippen LogP contribution in [0.5, 0.6) is 0 Å². The van der Waals surface area contributed by atoms with Gasteiger partial charge in [-0.25, -0.2) is 0 Å². The molecule has 0 spiro atoms. The van der Waals surface area contributed by atoms with Crippen LogP contribution in [0, 0.1) is 5.92 Å². The number of hydrogen-bond acceptors (Lipinski definition) is 2. The largest absolute Gasteiger partial charge is 0.342 e. The number of likely N-dealkylation sites (tertiary alicyclic amines) is 1. The molecule has 1 fully saturated rings. The summed E-state index contributed by atoms with van der Waals surface area (Å²) in [7, 11) is 1.90. The molecular weight excluding hydrogens is 368 g/mol. The average molecular weight is 399 g/mol. The van der Waals surface area contributed by atoms with E-state index < -0.39 is 0 Å². The molecule has 2 aromatic rings. The fourth-order valence-corrected chi connectivity index (χ4v) is 3.62. The van der Waals surface area contributed by atoms with Gasteiger partial charge in [-0.15, -0.1) is 12.4 Å². The molecule has 0 N–H and O–H groups in total. The summed E-state index contributed by atoms with van der Waals surface area (Å²) in [5.74, 6) is 0.811. The third kappa shape index (κ3) is 7.14. The lowest BCUT2D eigenvalue weighted by atomic mass is 9.93. The highest BCUT2D eigenvalue weighted by atomic mass is 35.5. The van der Waals surface area contributed by atoms with Crippen LogP contribution in [0.4, 0.5) is 0 Å². The Morgan fingerprint density at radius 3 is 2.29 bits per heavy atom. The predicted molar refractivity (Wildman–Crippen MR) is 119 cm³/mol. The Kier molecular flexibility index (Phi) is 9.26. The van der Waals surface area contributed by atoms with E-state index in [4.69, 9.17) is 0 Å². The van der Waals surface area contributed by atoms with Crippen LogP contribution in [-0.4, -0.2) is 42.4 Å². The predicted octanol–water partition coefficient (Wildman–Crippen LogP) is 4.88. The number of nitrogens with zero attached hydrogens (tertiary/aromatic N) is 2. The van der Waals surface area contributed by atoms with Gasteiger partial charge in [0.1, 0.15) is 0 Å². The van der Waals surface area contributed by atoms with Gasteiger partial charge < -0.3 is 4.90 Å². The number of likely N-dealkylation sites (N-methyl/N-ethyl adjacent to an activating group) is 1. The Hall–Kier alpha value is -2.10. The minimum atomic E-state index is 0. The SMILES string of the molecule is CN(CCC1CCN(Cc2ccccc2)CC1)C(=O)C=Cc1ccccc1.Cl. The number of amides is 1. The minimum Gasteiger partial charge on any atom is -0.342 e. The molecule has 28 heavy (non-hydrogen) atoms. The fourth-order valence-electron chi connectivity index (χ4n) is 3.62. The molecule has 3 nitrogen and oxygen atoms in total. The monoisotopic (exact) mass is 398 g/mol. The molecule has 1 amide bonds. The van der Waals surface area contributed by atoms with Gasteiger partial charge in [-0.1, -0.05) is 60.7 Å². The molecule has 2 aromatic carbocycles. The maximum absolute atomic E-state index is 12.3. The van der Waals surface area contributed by atoms with Crippen molar-refractivity contribution in [2.75, 3.05) is 26.7 Å². The van der Waals surface area contributed by atoms with E-state index in [1.54, 1.807) is 6.08 Å². The normalized spacial score (nSPS) is 15.3. The average Bonchev–Trinajstić information content (AvgIpc) is 2.73. The van der Waals surface area contributed by atoms with Crippen molar-refractivity contribution in [3.05, 3.63) is 77.9 Å². The van der Waals surface area contributed by atoms with Crippen LogP contribution in [0.25, 0.3) is 6.08 Å². The molecule has 150 valence electrons. The van der Waals surface area contributed by atoms with E-state index in [-0.39, 0.29) is 18.3 Å². The molecule has 1 saturated heterocycles. The minimum absolute atomic E-state index is 0.